The first-order chi connectivity index (χ1) is 18.0. The van der Waals surface area contributed by atoms with Gasteiger partial charge in [0.25, 0.3) is 5.91 Å². The molecule has 0 radical (unpaired) electrons. The lowest BCUT2D eigenvalue weighted by atomic mass is 10.0. The van der Waals surface area contributed by atoms with Crippen molar-refractivity contribution in [2.24, 2.45) is 0 Å². The monoisotopic (exact) mass is 512 g/mol. The highest BCUT2D eigenvalue weighted by atomic mass is 32.1. The van der Waals surface area contributed by atoms with E-state index >= 15 is 0 Å². The molecule has 5 rings (SSSR count). The number of para-hydroxylation sites is 1. The van der Waals surface area contributed by atoms with Crippen LogP contribution >= 0.6 is 11.3 Å². The third-order valence-electron chi connectivity index (χ3n) is 5.91. The van der Waals surface area contributed by atoms with Crippen molar-refractivity contribution in [2.75, 3.05) is 19.5 Å². The van der Waals surface area contributed by atoms with Crippen LogP contribution in [-0.4, -0.2) is 31.1 Å². The van der Waals surface area contributed by atoms with Crippen LogP contribution in [0, 0.1) is 5.82 Å². The topological polar surface area (TPSA) is 77.5 Å². The second-order valence-electron chi connectivity index (χ2n) is 8.11. The van der Waals surface area contributed by atoms with E-state index in [0.717, 1.165) is 5.56 Å². The summed E-state index contributed by atoms with van der Waals surface area (Å²) in [7, 11) is 2.87. The van der Waals surface area contributed by atoms with E-state index in [1.807, 2.05) is 48.5 Å². The number of nitrogens with zero attached hydrogens (tertiary/aromatic N) is 1. The molecular formula is C29H21FN2O4S. The Bertz CT molecular complexity index is 1610. The largest absolute Gasteiger partial charge is 0.497 e. The van der Waals surface area contributed by atoms with Gasteiger partial charge in [0.2, 0.25) is 0 Å². The average Bonchev–Trinajstić information content (AvgIpc) is 3.35. The minimum Gasteiger partial charge on any atom is -0.497 e. The standard InChI is InChI=1S/C29H21FN2O4S/c1-35-20-13-9-18(10-14-20)25-15-22(21-5-3-4-6-24(21)31-25)27(33)32-28-26(29(34)36-2)23(16-37-28)17-7-11-19(30)12-8-17/h3-16H,1-2H3,(H,32,33). The molecule has 8 heteroatoms. The van der Waals surface area contributed by atoms with Crippen molar-refractivity contribution >= 4 is 39.1 Å². The number of rotatable bonds is 6. The molecule has 1 amide bonds. The SMILES string of the molecule is COC(=O)c1c(-c2ccc(F)cc2)csc1NC(=O)c1cc(-c2ccc(OC)cc2)nc2ccccc12. The van der Waals surface area contributed by atoms with Crippen molar-refractivity contribution < 1.29 is 23.5 Å². The first-order valence-electron chi connectivity index (χ1n) is 11.3. The molecule has 2 aromatic heterocycles. The van der Waals surface area contributed by atoms with Gasteiger partial charge in [-0.15, -0.1) is 11.3 Å². The number of aromatic nitrogens is 1. The number of hydrogen-bond acceptors (Lipinski definition) is 6. The van der Waals surface area contributed by atoms with E-state index in [-0.39, 0.29) is 11.4 Å². The molecule has 0 aliphatic rings. The van der Waals surface area contributed by atoms with Crippen molar-refractivity contribution in [2.45, 2.75) is 0 Å². The lowest BCUT2D eigenvalue weighted by molar-refractivity contribution is 0.0603. The number of pyridine rings is 1. The summed E-state index contributed by atoms with van der Waals surface area (Å²) in [5.41, 5.74) is 3.90. The first kappa shape index (κ1) is 24.1. The molecule has 3 aromatic carbocycles. The second kappa shape index (κ2) is 10.2. The van der Waals surface area contributed by atoms with Gasteiger partial charge in [-0.05, 0) is 54.1 Å². The fourth-order valence-corrected chi connectivity index (χ4v) is 4.99. The second-order valence-corrected chi connectivity index (χ2v) is 8.99. The predicted molar refractivity (Wildman–Crippen MR) is 143 cm³/mol. The number of esters is 1. The lowest BCUT2D eigenvalue weighted by Gasteiger charge is -2.12. The number of carbonyl (C=O) groups is 2. The number of carbonyl (C=O) groups excluding carboxylic acids is 2. The van der Waals surface area contributed by atoms with Gasteiger partial charge >= 0.3 is 5.97 Å². The summed E-state index contributed by atoms with van der Waals surface area (Å²) >= 11 is 1.20. The van der Waals surface area contributed by atoms with Gasteiger partial charge < -0.3 is 14.8 Å². The number of halogens is 1. The zero-order valence-corrected chi connectivity index (χ0v) is 20.8. The van der Waals surface area contributed by atoms with Crippen LogP contribution in [0.3, 0.4) is 0 Å². The van der Waals surface area contributed by atoms with Gasteiger partial charge in [-0.3, -0.25) is 4.79 Å². The summed E-state index contributed by atoms with van der Waals surface area (Å²) in [5.74, 6) is -0.669. The van der Waals surface area contributed by atoms with E-state index in [2.05, 4.69) is 5.32 Å². The number of thiophene rings is 1. The Morgan fingerprint density at radius 1 is 0.919 bits per heavy atom. The summed E-state index contributed by atoms with van der Waals surface area (Å²) in [6.45, 7) is 0. The van der Waals surface area contributed by atoms with E-state index in [0.29, 0.717) is 44.0 Å². The summed E-state index contributed by atoms with van der Waals surface area (Å²) in [6.07, 6.45) is 0. The van der Waals surface area contributed by atoms with Gasteiger partial charge in [0.05, 0.1) is 31.0 Å². The highest BCUT2D eigenvalue weighted by molar-refractivity contribution is 7.15. The summed E-state index contributed by atoms with van der Waals surface area (Å²) < 4.78 is 23.7. The molecule has 2 heterocycles. The van der Waals surface area contributed by atoms with Crippen LogP contribution in [0.25, 0.3) is 33.3 Å². The number of ether oxygens (including phenoxy) is 2. The fraction of sp³-hybridized carbons (Fsp3) is 0.0690. The minimum atomic E-state index is -0.602. The summed E-state index contributed by atoms with van der Waals surface area (Å²) in [4.78, 5) is 31.1. The molecule has 184 valence electrons. The molecule has 5 aromatic rings. The molecule has 1 N–H and O–H groups in total. The third-order valence-corrected chi connectivity index (χ3v) is 6.80. The fourth-order valence-electron chi connectivity index (χ4n) is 4.04. The molecular weight excluding hydrogens is 491 g/mol. The molecule has 0 spiro atoms. The quantitative estimate of drug-likeness (QED) is 0.253. The first-order valence-corrected chi connectivity index (χ1v) is 12.2. The number of hydrogen-bond donors (Lipinski definition) is 1. The third kappa shape index (κ3) is 4.79. The Hall–Kier alpha value is -4.56. The Kier molecular flexibility index (Phi) is 6.66. The molecule has 0 fully saturated rings. The van der Waals surface area contributed by atoms with E-state index in [1.165, 1.54) is 30.6 Å². The van der Waals surface area contributed by atoms with Crippen LogP contribution in [0.1, 0.15) is 20.7 Å². The summed E-state index contributed by atoms with van der Waals surface area (Å²) in [5, 5.41) is 5.64. The lowest BCUT2D eigenvalue weighted by Crippen LogP contribution is -2.15. The van der Waals surface area contributed by atoms with Crippen molar-refractivity contribution in [3.63, 3.8) is 0 Å². The van der Waals surface area contributed by atoms with Gasteiger partial charge in [-0.25, -0.2) is 14.2 Å². The van der Waals surface area contributed by atoms with E-state index in [9.17, 15) is 14.0 Å². The molecule has 0 saturated heterocycles. The van der Waals surface area contributed by atoms with Crippen LogP contribution in [0.2, 0.25) is 0 Å². The highest BCUT2D eigenvalue weighted by Crippen LogP contribution is 2.37. The van der Waals surface area contributed by atoms with Gasteiger partial charge in [0, 0.05) is 21.9 Å². The zero-order chi connectivity index (χ0) is 25.9. The van der Waals surface area contributed by atoms with E-state index < -0.39 is 11.9 Å². The maximum Gasteiger partial charge on any atom is 0.341 e. The Morgan fingerprint density at radius 3 is 2.32 bits per heavy atom. The normalized spacial score (nSPS) is 10.8. The predicted octanol–water partition coefficient (Wildman–Crippen LogP) is 6.82. The van der Waals surface area contributed by atoms with Crippen molar-refractivity contribution in [1.29, 1.82) is 0 Å². The molecule has 0 aliphatic heterocycles. The van der Waals surface area contributed by atoms with Crippen molar-refractivity contribution in [1.82, 2.24) is 4.98 Å². The molecule has 0 saturated carbocycles. The smallest absolute Gasteiger partial charge is 0.341 e. The number of amides is 1. The van der Waals surface area contributed by atoms with Crippen LogP contribution in [0.15, 0.2) is 84.2 Å². The Labute approximate surface area is 216 Å². The number of benzene rings is 3. The maximum atomic E-state index is 13.6. The summed E-state index contributed by atoms with van der Waals surface area (Å²) in [6, 6.07) is 22.3. The Balaban J connectivity index is 1.56. The van der Waals surface area contributed by atoms with Crippen molar-refractivity contribution in [3.05, 3.63) is 101 Å². The average molecular weight is 513 g/mol. The zero-order valence-electron chi connectivity index (χ0n) is 19.9. The number of nitrogens with one attached hydrogen (secondary N) is 1. The van der Waals surface area contributed by atoms with Gasteiger partial charge in [-0.2, -0.15) is 0 Å². The molecule has 37 heavy (non-hydrogen) atoms. The number of anilines is 1. The minimum absolute atomic E-state index is 0.209. The van der Waals surface area contributed by atoms with E-state index in [4.69, 9.17) is 14.5 Å². The molecule has 6 nitrogen and oxygen atoms in total. The van der Waals surface area contributed by atoms with Crippen LogP contribution in [-0.2, 0) is 4.74 Å². The van der Waals surface area contributed by atoms with Crippen LogP contribution in [0.4, 0.5) is 9.39 Å². The number of methoxy groups -OCH3 is 2. The molecule has 0 aliphatic carbocycles. The van der Waals surface area contributed by atoms with Gasteiger partial charge in [0.15, 0.2) is 0 Å². The van der Waals surface area contributed by atoms with Crippen molar-refractivity contribution in [3.8, 4) is 28.1 Å². The Morgan fingerprint density at radius 2 is 1.62 bits per heavy atom. The van der Waals surface area contributed by atoms with Crippen LogP contribution < -0.4 is 10.1 Å². The molecule has 0 unspecified atom stereocenters. The van der Waals surface area contributed by atoms with Gasteiger partial charge in [0.1, 0.15) is 22.1 Å². The maximum absolute atomic E-state index is 13.6. The number of fused-ring (bicyclic) bond motifs is 1. The molecule has 0 atom stereocenters. The van der Waals surface area contributed by atoms with Crippen LogP contribution in [0.5, 0.6) is 5.75 Å². The highest BCUT2D eigenvalue weighted by Gasteiger charge is 2.24. The van der Waals surface area contributed by atoms with E-state index in [1.54, 1.807) is 30.7 Å². The van der Waals surface area contributed by atoms with Gasteiger partial charge in [-0.1, -0.05) is 30.3 Å². The molecule has 0 bridgehead atoms.